The van der Waals surface area contributed by atoms with Crippen LogP contribution in [-0.4, -0.2) is 21.9 Å². The fourth-order valence-corrected chi connectivity index (χ4v) is 1.57. The van der Waals surface area contributed by atoms with E-state index in [2.05, 4.69) is 10.2 Å². The highest BCUT2D eigenvalue weighted by Crippen LogP contribution is 2.17. The standard InChI is InChI=1S/C4H4N3OS2/c5-3(8)1-9-4-7-6-2-10-4/h2,5H,1H2. The molecule has 0 aliphatic rings. The SMILES string of the molecule is [NH]C(=O)CSc1nncs1. The number of aromatic nitrogens is 2. The lowest BCUT2D eigenvalue weighted by Crippen LogP contribution is -1.99. The molecule has 10 heavy (non-hydrogen) atoms. The molecule has 1 amide bonds. The van der Waals surface area contributed by atoms with Crippen molar-refractivity contribution in [3.63, 3.8) is 0 Å². The third-order valence-corrected chi connectivity index (χ3v) is 2.53. The highest BCUT2D eigenvalue weighted by Gasteiger charge is 1.99. The number of carbonyl (C=O) groups excluding carboxylic acids is 1. The van der Waals surface area contributed by atoms with E-state index in [1.807, 2.05) is 0 Å². The minimum atomic E-state index is -0.583. The molecule has 0 aliphatic carbocycles. The molecule has 0 aliphatic heterocycles. The molecule has 0 saturated carbocycles. The molecule has 1 N–H and O–H groups in total. The molecule has 0 fully saturated rings. The van der Waals surface area contributed by atoms with E-state index in [0.29, 0.717) is 0 Å². The lowest BCUT2D eigenvalue weighted by molar-refractivity contribution is -0.116. The van der Waals surface area contributed by atoms with Gasteiger partial charge in [0.1, 0.15) is 5.51 Å². The molecule has 0 spiro atoms. The van der Waals surface area contributed by atoms with Crippen molar-refractivity contribution in [3.8, 4) is 0 Å². The molecule has 1 radical (unpaired) electrons. The third-order valence-electron chi connectivity index (χ3n) is 0.667. The number of nitrogens with zero attached hydrogens (tertiary/aromatic N) is 2. The molecule has 1 rings (SSSR count). The average Bonchev–Trinajstić information content (AvgIpc) is 2.34. The summed E-state index contributed by atoms with van der Waals surface area (Å²) in [6.07, 6.45) is 0. The van der Waals surface area contributed by atoms with Crippen LogP contribution in [0.4, 0.5) is 0 Å². The van der Waals surface area contributed by atoms with Crippen molar-refractivity contribution in [1.82, 2.24) is 15.9 Å². The van der Waals surface area contributed by atoms with Crippen LogP contribution < -0.4 is 5.73 Å². The summed E-state index contributed by atoms with van der Waals surface area (Å²) in [6.45, 7) is 0. The Morgan fingerprint density at radius 3 is 3.20 bits per heavy atom. The second kappa shape index (κ2) is 3.52. The van der Waals surface area contributed by atoms with Gasteiger partial charge in [-0.1, -0.05) is 23.1 Å². The van der Waals surface area contributed by atoms with Gasteiger partial charge in [0, 0.05) is 0 Å². The Bertz CT molecular complexity index is 210. The lowest BCUT2D eigenvalue weighted by Gasteiger charge is -1.86. The second-order valence-electron chi connectivity index (χ2n) is 1.42. The summed E-state index contributed by atoms with van der Waals surface area (Å²) in [6, 6.07) is 0. The van der Waals surface area contributed by atoms with Crippen molar-refractivity contribution < 1.29 is 4.79 Å². The summed E-state index contributed by atoms with van der Waals surface area (Å²) in [5.41, 5.74) is 8.17. The predicted octanol–water partition coefficient (Wildman–Crippen LogP) is 0.440. The van der Waals surface area contributed by atoms with Gasteiger partial charge in [-0.15, -0.1) is 10.2 Å². The summed E-state index contributed by atoms with van der Waals surface area (Å²) in [4.78, 5) is 10.1. The van der Waals surface area contributed by atoms with Gasteiger partial charge in [0.25, 0.3) is 0 Å². The molecule has 0 saturated heterocycles. The quantitative estimate of drug-likeness (QED) is 0.623. The Balaban J connectivity index is 2.35. The first-order valence-corrected chi connectivity index (χ1v) is 4.29. The zero-order valence-corrected chi connectivity index (χ0v) is 6.54. The molecule has 0 aromatic carbocycles. The van der Waals surface area contributed by atoms with Crippen LogP contribution in [0.1, 0.15) is 0 Å². The van der Waals surface area contributed by atoms with Crippen LogP contribution in [0.15, 0.2) is 9.85 Å². The molecule has 1 aromatic heterocycles. The summed E-state index contributed by atoms with van der Waals surface area (Å²) in [7, 11) is 0. The van der Waals surface area contributed by atoms with Crippen LogP contribution in [0.3, 0.4) is 0 Å². The van der Waals surface area contributed by atoms with E-state index in [-0.39, 0.29) is 5.75 Å². The topological polar surface area (TPSA) is 66.7 Å². The van der Waals surface area contributed by atoms with Crippen molar-refractivity contribution in [2.24, 2.45) is 0 Å². The summed E-state index contributed by atoms with van der Waals surface area (Å²) in [5.74, 6) is -0.421. The van der Waals surface area contributed by atoms with Crippen LogP contribution >= 0.6 is 23.1 Å². The van der Waals surface area contributed by atoms with Crippen molar-refractivity contribution in [2.45, 2.75) is 4.34 Å². The van der Waals surface area contributed by atoms with Crippen LogP contribution in [0, 0.1) is 0 Å². The predicted molar refractivity (Wildman–Crippen MR) is 38.7 cm³/mol. The van der Waals surface area contributed by atoms with Gasteiger partial charge in [0.15, 0.2) is 4.34 Å². The zero-order chi connectivity index (χ0) is 7.40. The molecule has 4 nitrogen and oxygen atoms in total. The smallest absolute Gasteiger partial charge is 0.248 e. The maximum atomic E-state index is 10.1. The van der Waals surface area contributed by atoms with E-state index >= 15 is 0 Å². The van der Waals surface area contributed by atoms with Gasteiger partial charge < -0.3 is 0 Å². The Hall–Kier alpha value is -0.620. The number of carbonyl (C=O) groups is 1. The largest absolute Gasteiger partial charge is 0.272 e. The van der Waals surface area contributed by atoms with Gasteiger partial charge in [-0.05, 0) is 0 Å². The normalized spacial score (nSPS) is 9.60. The van der Waals surface area contributed by atoms with E-state index in [0.717, 1.165) is 4.34 Å². The first-order valence-electron chi connectivity index (χ1n) is 2.42. The number of thioether (sulfide) groups is 1. The summed E-state index contributed by atoms with van der Waals surface area (Å²) >= 11 is 2.61. The zero-order valence-electron chi connectivity index (χ0n) is 4.90. The lowest BCUT2D eigenvalue weighted by atomic mass is 10.8. The minimum Gasteiger partial charge on any atom is -0.272 e. The van der Waals surface area contributed by atoms with E-state index in [4.69, 9.17) is 5.73 Å². The van der Waals surface area contributed by atoms with Crippen molar-refractivity contribution in [3.05, 3.63) is 5.51 Å². The fraction of sp³-hybridized carbons (Fsp3) is 0.250. The summed E-state index contributed by atoms with van der Waals surface area (Å²) in [5, 5.41) is 7.26. The van der Waals surface area contributed by atoms with Crippen LogP contribution in [0.5, 0.6) is 0 Å². The number of amides is 1. The third kappa shape index (κ3) is 2.32. The maximum Gasteiger partial charge on any atom is 0.248 e. The molecule has 6 heteroatoms. The van der Waals surface area contributed by atoms with Crippen LogP contribution in [0.2, 0.25) is 0 Å². The molecular weight excluding hydrogens is 170 g/mol. The van der Waals surface area contributed by atoms with Gasteiger partial charge in [0.05, 0.1) is 5.75 Å². The van der Waals surface area contributed by atoms with Gasteiger partial charge in [-0.25, -0.2) is 0 Å². The van der Waals surface area contributed by atoms with Crippen molar-refractivity contribution >= 4 is 29.0 Å². The fourth-order valence-electron chi connectivity index (χ4n) is 0.353. The van der Waals surface area contributed by atoms with E-state index in [1.165, 1.54) is 23.1 Å². The van der Waals surface area contributed by atoms with Crippen LogP contribution in [0.25, 0.3) is 0 Å². The summed E-state index contributed by atoms with van der Waals surface area (Å²) < 4.78 is 0.737. The highest BCUT2D eigenvalue weighted by molar-refractivity contribution is 8.01. The molecule has 0 bridgehead atoms. The number of hydrogen-bond donors (Lipinski definition) is 0. The van der Waals surface area contributed by atoms with Gasteiger partial charge in [-0.2, -0.15) is 0 Å². The van der Waals surface area contributed by atoms with Crippen molar-refractivity contribution in [1.29, 1.82) is 0 Å². The Kier molecular flexibility index (Phi) is 2.64. The first-order chi connectivity index (χ1) is 4.79. The molecule has 0 atom stereocenters. The molecule has 53 valence electrons. The van der Waals surface area contributed by atoms with Crippen molar-refractivity contribution in [2.75, 3.05) is 5.75 Å². The second-order valence-corrected chi connectivity index (χ2v) is 3.47. The number of nitrogens with one attached hydrogen (secondary N) is 1. The monoisotopic (exact) mass is 174 g/mol. The Morgan fingerprint density at radius 1 is 1.90 bits per heavy atom. The Morgan fingerprint density at radius 2 is 2.70 bits per heavy atom. The number of rotatable bonds is 3. The van der Waals surface area contributed by atoms with E-state index in [9.17, 15) is 4.79 Å². The van der Waals surface area contributed by atoms with Gasteiger partial charge >= 0.3 is 0 Å². The maximum absolute atomic E-state index is 10.1. The number of hydrogen-bond acceptors (Lipinski definition) is 5. The van der Waals surface area contributed by atoms with Gasteiger partial charge in [-0.3, -0.25) is 10.5 Å². The highest BCUT2D eigenvalue weighted by atomic mass is 32.2. The molecular formula is C4H4N3OS2. The molecule has 1 aromatic rings. The molecule has 1 heterocycles. The van der Waals surface area contributed by atoms with Crippen LogP contribution in [-0.2, 0) is 4.79 Å². The molecule has 0 unspecified atom stereocenters. The van der Waals surface area contributed by atoms with Gasteiger partial charge in [0.2, 0.25) is 5.91 Å². The minimum absolute atomic E-state index is 0.162. The van der Waals surface area contributed by atoms with E-state index in [1.54, 1.807) is 5.51 Å². The Labute approximate surface area is 65.8 Å². The van der Waals surface area contributed by atoms with E-state index < -0.39 is 5.91 Å². The average molecular weight is 174 g/mol. The first kappa shape index (κ1) is 7.49.